The van der Waals surface area contributed by atoms with Gasteiger partial charge in [-0.2, -0.15) is 0 Å². The van der Waals surface area contributed by atoms with Crippen LogP contribution >= 0.6 is 0 Å². The van der Waals surface area contributed by atoms with Crippen molar-refractivity contribution in [2.45, 2.75) is 25.5 Å². The zero-order valence-electron chi connectivity index (χ0n) is 9.69. The van der Waals surface area contributed by atoms with Gasteiger partial charge in [-0.05, 0) is 31.5 Å². The molecule has 1 atom stereocenters. The average Bonchev–Trinajstić information content (AvgIpc) is 2.29. The molecule has 0 bridgehead atoms. The number of piperidine rings is 1. The number of pyridine rings is 1. The molecule has 2 N–H and O–H groups in total. The minimum absolute atomic E-state index is 0.166. The number of nitrogens with zero attached hydrogens (tertiary/aromatic N) is 2. The van der Waals surface area contributed by atoms with E-state index in [1.165, 1.54) is 0 Å². The van der Waals surface area contributed by atoms with Crippen LogP contribution in [0.5, 0.6) is 0 Å². The molecule has 0 saturated carbocycles. The summed E-state index contributed by atoms with van der Waals surface area (Å²) in [7, 11) is 1.87. The molecule has 1 saturated heterocycles. The standard InChI is InChI=1S/C12H19N3O/c1-13-12-6-2-4-10(14-12)8-15-7-3-5-11(16)9-15/h2,4,6,11,16H,3,5,7-9H2,1H3,(H,13,14). The third kappa shape index (κ3) is 2.93. The summed E-state index contributed by atoms with van der Waals surface area (Å²) in [6.45, 7) is 2.65. The Morgan fingerprint density at radius 2 is 2.44 bits per heavy atom. The fraction of sp³-hybridized carbons (Fsp3) is 0.583. The SMILES string of the molecule is CNc1cccc(CN2CCCC(O)C2)n1. The lowest BCUT2D eigenvalue weighted by molar-refractivity contribution is 0.0662. The zero-order valence-corrected chi connectivity index (χ0v) is 9.69. The van der Waals surface area contributed by atoms with Crippen molar-refractivity contribution in [3.05, 3.63) is 23.9 Å². The van der Waals surface area contributed by atoms with Gasteiger partial charge in [-0.25, -0.2) is 4.98 Å². The van der Waals surface area contributed by atoms with Crippen LogP contribution in [0.2, 0.25) is 0 Å². The maximum Gasteiger partial charge on any atom is 0.126 e. The minimum atomic E-state index is -0.166. The summed E-state index contributed by atoms with van der Waals surface area (Å²) in [6, 6.07) is 5.99. The van der Waals surface area contributed by atoms with Gasteiger partial charge in [0.25, 0.3) is 0 Å². The molecule has 16 heavy (non-hydrogen) atoms. The first-order valence-electron chi connectivity index (χ1n) is 5.82. The van der Waals surface area contributed by atoms with Crippen molar-refractivity contribution in [3.8, 4) is 0 Å². The van der Waals surface area contributed by atoms with Crippen molar-refractivity contribution in [2.24, 2.45) is 0 Å². The molecule has 1 fully saturated rings. The zero-order chi connectivity index (χ0) is 11.4. The Balaban J connectivity index is 1.97. The van der Waals surface area contributed by atoms with Gasteiger partial charge in [-0.3, -0.25) is 4.90 Å². The lowest BCUT2D eigenvalue weighted by atomic mass is 10.1. The highest BCUT2D eigenvalue weighted by molar-refractivity contribution is 5.34. The summed E-state index contributed by atoms with van der Waals surface area (Å²) in [5.41, 5.74) is 1.06. The van der Waals surface area contributed by atoms with Gasteiger partial charge in [0.1, 0.15) is 5.82 Å². The predicted molar refractivity (Wildman–Crippen MR) is 64.3 cm³/mol. The molecule has 2 rings (SSSR count). The second-order valence-corrected chi connectivity index (χ2v) is 4.30. The van der Waals surface area contributed by atoms with Gasteiger partial charge in [0.05, 0.1) is 11.8 Å². The maximum absolute atomic E-state index is 9.58. The van der Waals surface area contributed by atoms with E-state index in [1.807, 2.05) is 25.2 Å². The highest BCUT2D eigenvalue weighted by Gasteiger charge is 2.17. The van der Waals surface area contributed by atoms with Gasteiger partial charge in [0.15, 0.2) is 0 Å². The van der Waals surface area contributed by atoms with Crippen molar-refractivity contribution in [3.63, 3.8) is 0 Å². The molecule has 0 aliphatic carbocycles. The Labute approximate surface area is 96.3 Å². The molecule has 4 nitrogen and oxygen atoms in total. The Morgan fingerprint density at radius 3 is 3.19 bits per heavy atom. The first kappa shape index (κ1) is 11.4. The number of likely N-dealkylation sites (tertiary alicyclic amines) is 1. The first-order chi connectivity index (χ1) is 7.78. The number of aliphatic hydroxyl groups excluding tert-OH is 1. The summed E-state index contributed by atoms with van der Waals surface area (Å²) in [6.07, 6.45) is 1.84. The van der Waals surface area contributed by atoms with Crippen LogP contribution in [0.15, 0.2) is 18.2 Å². The van der Waals surface area contributed by atoms with Crippen molar-refractivity contribution in [1.29, 1.82) is 0 Å². The maximum atomic E-state index is 9.58. The van der Waals surface area contributed by atoms with E-state index in [-0.39, 0.29) is 6.10 Å². The molecule has 88 valence electrons. The topological polar surface area (TPSA) is 48.4 Å². The van der Waals surface area contributed by atoms with Crippen LogP contribution in [-0.4, -0.2) is 41.2 Å². The van der Waals surface area contributed by atoms with Crippen molar-refractivity contribution in [2.75, 3.05) is 25.5 Å². The fourth-order valence-electron chi connectivity index (χ4n) is 2.11. The van der Waals surface area contributed by atoms with Gasteiger partial charge in [0.2, 0.25) is 0 Å². The van der Waals surface area contributed by atoms with Crippen molar-refractivity contribution < 1.29 is 5.11 Å². The molecule has 1 aliphatic rings. The molecule has 1 unspecified atom stereocenters. The van der Waals surface area contributed by atoms with Gasteiger partial charge in [-0.15, -0.1) is 0 Å². The second-order valence-electron chi connectivity index (χ2n) is 4.30. The molecule has 0 spiro atoms. The summed E-state index contributed by atoms with van der Waals surface area (Å²) >= 11 is 0. The van der Waals surface area contributed by atoms with Crippen molar-refractivity contribution in [1.82, 2.24) is 9.88 Å². The monoisotopic (exact) mass is 221 g/mol. The molecule has 0 amide bonds. The van der Waals surface area contributed by atoms with Crippen LogP contribution in [0.1, 0.15) is 18.5 Å². The number of aliphatic hydroxyl groups is 1. The lowest BCUT2D eigenvalue weighted by Crippen LogP contribution is -2.37. The molecule has 1 aromatic rings. The molecular weight excluding hydrogens is 202 g/mol. The van der Waals surface area contributed by atoms with E-state index >= 15 is 0 Å². The third-order valence-electron chi connectivity index (χ3n) is 2.93. The highest BCUT2D eigenvalue weighted by atomic mass is 16.3. The lowest BCUT2D eigenvalue weighted by Gasteiger charge is -2.29. The Morgan fingerprint density at radius 1 is 1.56 bits per heavy atom. The minimum Gasteiger partial charge on any atom is -0.392 e. The van der Waals surface area contributed by atoms with E-state index in [1.54, 1.807) is 0 Å². The van der Waals surface area contributed by atoms with E-state index < -0.39 is 0 Å². The highest BCUT2D eigenvalue weighted by Crippen LogP contribution is 2.13. The van der Waals surface area contributed by atoms with Gasteiger partial charge < -0.3 is 10.4 Å². The number of hydrogen-bond acceptors (Lipinski definition) is 4. The van der Waals surface area contributed by atoms with Crippen LogP contribution in [0.25, 0.3) is 0 Å². The van der Waals surface area contributed by atoms with Crippen molar-refractivity contribution >= 4 is 5.82 Å². The summed E-state index contributed by atoms with van der Waals surface area (Å²) in [5.74, 6) is 0.898. The quantitative estimate of drug-likeness (QED) is 0.802. The average molecular weight is 221 g/mol. The van der Waals surface area contributed by atoms with Gasteiger partial charge in [0, 0.05) is 20.1 Å². The number of β-amino-alcohol motifs (C(OH)–C–C–N with tert-alkyl or cyclic N) is 1. The molecule has 1 aliphatic heterocycles. The smallest absolute Gasteiger partial charge is 0.126 e. The fourth-order valence-corrected chi connectivity index (χ4v) is 2.11. The number of hydrogen-bond donors (Lipinski definition) is 2. The van der Waals surface area contributed by atoms with Crippen LogP contribution in [0.3, 0.4) is 0 Å². The summed E-state index contributed by atoms with van der Waals surface area (Å²) < 4.78 is 0. The predicted octanol–water partition coefficient (Wildman–Crippen LogP) is 1.08. The van der Waals surface area contributed by atoms with E-state index in [4.69, 9.17) is 0 Å². The second kappa shape index (κ2) is 5.27. The van der Waals surface area contributed by atoms with Gasteiger partial charge in [-0.1, -0.05) is 6.07 Å². The molecule has 0 aromatic carbocycles. The number of nitrogens with one attached hydrogen (secondary N) is 1. The number of aromatic nitrogens is 1. The molecule has 4 heteroatoms. The Hall–Kier alpha value is -1.13. The Kier molecular flexibility index (Phi) is 3.74. The normalized spacial score (nSPS) is 22.0. The molecule has 1 aromatic heterocycles. The largest absolute Gasteiger partial charge is 0.392 e. The summed E-state index contributed by atoms with van der Waals surface area (Å²) in [5, 5.41) is 12.6. The number of anilines is 1. The van der Waals surface area contributed by atoms with Crippen LogP contribution in [0, 0.1) is 0 Å². The van der Waals surface area contributed by atoms with Crippen LogP contribution < -0.4 is 5.32 Å². The number of rotatable bonds is 3. The van der Waals surface area contributed by atoms with Gasteiger partial charge >= 0.3 is 0 Å². The van der Waals surface area contributed by atoms with E-state index in [0.29, 0.717) is 0 Å². The molecule has 2 heterocycles. The summed E-state index contributed by atoms with van der Waals surface area (Å²) in [4.78, 5) is 6.74. The van der Waals surface area contributed by atoms with E-state index in [0.717, 1.165) is 44.0 Å². The van der Waals surface area contributed by atoms with E-state index in [9.17, 15) is 5.11 Å². The van der Waals surface area contributed by atoms with Crippen LogP contribution in [0.4, 0.5) is 5.82 Å². The molecule has 0 radical (unpaired) electrons. The van der Waals surface area contributed by atoms with Crippen LogP contribution in [-0.2, 0) is 6.54 Å². The molecular formula is C12H19N3O. The third-order valence-corrected chi connectivity index (χ3v) is 2.93. The first-order valence-corrected chi connectivity index (χ1v) is 5.82. The van der Waals surface area contributed by atoms with E-state index in [2.05, 4.69) is 15.2 Å². The Bertz CT molecular complexity index is 343.